The number of hydrogen-bond donors (Lipinski definition) is 3. The maximum absolute atomic E-state index is 14.1. The van der Waals surface area contributed by atoms with Crippen molar-refractivity contribution in [3.05, 3.63) is 59.6 Å². The third-order valence-corrected chi connectivity index (χ3v) is 9.11. The van der Waals surface area contributed by atoms with Gasteiger partial charge in [0, 0.05) is 25.9 Å². The van der Waals surface area contributed by atoms with Crippen molar-refractivity contribution in [3.8, 4) is 6.07 Å². The monoisotopic (exact) mass is 614 g/mol. The van der Waals surface area contributed by atoms with Crippen LogP contribution in [0.5, 0.6) is 0 Å². The van der Waals surface area contributed by atoms with Gasteiger partial charge < -0.3 is 20.6 Å². The molecule has 0 spiro atoms. The molecule has 226 valence electrons. The van der Waals surface area contributed by atoms with Gasteiger partial charge in [0.15, 0.2) is 0 Å². The first-order valence-corrected chi connectivity index (χ1v) is 15.9. The first-order chi connectivity index (χ1) is 19.8. The van der Waals surface area contributed by atoms with E-state index in [1.54, 1.807) is 48.8 Å². The van der Waals surface area contributed by atoms with E-state index in [9.17, 15) is 28.4 Å². The zero-order valence-electron chi connectivity index (χ0n) is 24.3. The normalized spacial score (nSPS) is 14.1. The molecule has 0 bridgehead atoms. The molecule has 0 aliphatic heterocycles. The Balaban J connectivity index is 1.85. The maximum atomic E-state index is 14.1. The fourth-order valence-corrected chi connectivity index (χ4v) is 7.14. The molecule has 2 aromatic carbocycles. The highest BCUT2D eigenvalue weighted by atomic mass is 32.2. The summed E-state index contributed by atoms with van der Waals surface area (Å²) in [6, 6.07) is 14.6. The van der Waals surface area contributed by atoms with Crippen molar-refractivity contribution in [3.63, 3.8) is 0 Å². The largest absolute Gasteiger partial charge is 0.374 e. The Morgan fingerprint density at radius 3 is 2.50 bits per heavy atom. The Hall–Kier alpha value is -3.41. The molecule has 2 amide bonds. The zero-order chi connectivity index (χ0) is 30.9. The Labute approximate surface area is 251 Å². The van der Waals surface area contributed by atoms with Crippen LogP contribution in [0.3, 0.4) is 0 Å². The lowest BCUT2D eigenvalue weighted by molar-refractivity contribution is -0.123. The summed E-state index contributed by atoms with van der Waals surface area (Å²) in [6.07, 6.45) is -0.415. The van der Waals surface area contributed by atoms with E-state index < -0.39 is 27.7 Å². The summed E-state index contributed by atoms with van der Waals surface area (Å²) >= 11 is 1.33. The van der Waals surface area contributed by atoms with E-state index in [2.05, 4.69) is 15.6 Å². The number of benzene rings is 2. The first kappa shape index (κ1) is 33.1. The summed E-state index contributed by atoms with van der Waals surface area (Å²) in [4.78, 5) is 30.6. The predicted octanol–water partition coefficient (Wildman–Crippen LogP) is 2.34. The van der Waals surface area contributed by atoms with Crippen LogP contribution >= 0.6 is 11.3 Å². The number of carbonyl (C=O) groups is 2. The van der Waals surface area contributed by atoms with Crippen molar-refractivity contribution in [1.82, 2.24) is 24.8 Å². The van der Waals surface area contributed by atoms with Crippen molar-refractivity contribution >= 4 is 43.4 Å². The summed E-state index contributed by atoms with van der Waals surface area (Å²) in [7, 11) is -0.759. The number of rotatable bonds is 15. The average Bonchev–Trinajstić information content (AvgIpc) is 3.39. The second-order valence-electron chi connectivity index (χ2n) is 10.8. The number of hydrogen-bond acceptors (Lipinski definition) is 9. The van der Waals surface area contributed by atoms with E-state index >= 15 is 0 Å². The molecule has 42 heavy (non-hydrogen) atoms. The maximum Gasteiger partial charge on any atom is 0.245 e. The van der Waals surface area contributed by atoms with Crippen LogP contribution in [0.15, 0.2) is 58.9 Å². The number of thiazole rings is 1. The summed E-state index contributed by atoms with van der Waals surface area (Å²) < 4.78 is 30.1. The van der Waals surface area contributed by atoms with Crippen LogP contribution in [0.2, 0.25) is 0 Å². The van der Waals surface area contributed by atoms with Crippen molar-refractivity contribution in [2.75, 3.05) is 33.7 Å². The summed E-state index contributed by atoms with van der Waals surface area (Å²) in [6.45, 7) is 3.78. The number of amides is 2. The number of aromatic nitrogens is 1. The van der Waals surface area contributed by atoms with Gasteiger partial charge in [-0.25, -0.2) is 13.4 Å². The second-order valence-corrected chi connectivity index (χ2v) is 13.6. The molecule has 11 nitrogen and oxygen atoms in total. The molecule has 1 aromatic heterocycles. The lowest BCUT2D eigenvalue weighted by atomic mass is 9.98. The Morgan fingerprint density at radius 2 is 1.86 bits per heavy atom. The molecule has 0 aliphatic carbocycles. The topological polar surface area (TPSA) is 156 Å². The number of nitrogens with one attached hydrogen (secondary N) is 2. The fourth-order valence-electron chi connectivity index (χ4n) is 4.49. The smallest absolute Gasteiger partial charge is 0.245 e. The van der Waals surface area contributed by atoms with Crippen LogP contribution in [-0.4, -0.2) is 85.0 Å². The molecule has 0 aliphatic rings. The van der Waals surface area contributed by atoms with Gasteiger partial charge in [-0.15, -0.1) is 11.3 Å². The summed E-state index contributed by atoms with van der Waals surface area (Å²) in [5, 5.41) is 26.8. The van der Waals surface area contributed by atoms with Crippen molar-refractivity contribution in [2.45, 2.75) is 49.8 Å². The van der Waals surface area contributed by atoms with E-state index in [0.717, 1.165) is 9.87 Å². The van der Waals surface area contributed by atoms with E-state index in [-0.39, 0.29) is 55.6 Å². The van der Waals surface area contributed by atoms with Gasteiger partial charge in [0.2, 0.25) is 21.8 Å². The Bertz CT molecular complexity index is 1500. The van der Waals surface area contributed by atoms with E-state index in [0.29, 0.717) is 10.2 Å². The van der Waals surface area contributed by atoms with Gasteiger partial charge in [0.1, 0.15) is 11.8 Å². The number of nitriles is 1. The van der Waals surface area contributed by atoms with Gasteiger partial charge in [0.25, 0.3) is 0 Å². The third kappa shape index (κ3) is 9.04. The molecule has 3 N–H and O–H groups in total. The van der Waals surface area contributed by atoms with Crippen LogP contribution in [0.4, 0.5) is 0 Å². The first-order valence-electron chi connectivity index (χ1n) is 13.6. The predicted molar refractivity (Wildman–Crippen MR) is 162 cm³/mol. The van der Waals surface area contributed by atoms with Crippen molar-refractivity contribution < 1.29 is 23.1 Å². The molecule has 3 aromatic rings. The highest BCUT2D eigenvalue weighted by Crippen LogP contribution is 2.32. The average molecular weight is 615 g/mol. The molecule has 2 atom stereocenters. The van der Waals surface area contributed by atoms with Crippen molar-refractivity contribution in [1.29, 1.82) is 5.26 Å². The number of carbonyl (C=O) groups excluding carboxylic acids is 2. The minimum absolute atomic E-state index is 0.0140. The minimum Gasteiger partial charge on any atom is -0.374 e. The summed E-state index contributed by atoms with van der Waals surface area (Å²) in [5.41, 5.74) is 1.16. The van der Waals surface area contributed by atoms with Gasteiger partial charge in [-0.1, -0.05) is 44.2 Å². The standard InChI is InChI=1S/C29H38N6O5S2/c1-21(2)18-35(42(39,40)24-10-11-25-26(15-24)41-20-32-25)29(38,16-22-8-6-5-7-9-22)12-13-31-27(36)14-23(17-30)33-28(37)19-34(3)4/h5-11,15,20-21,23,38H,12-14,16,18-19H2,1-4H3,(H,31,36)(H,33,37). The number of likely N-dealkylation sites (N-methyl/N-ethyl adjacent to an activating group) is 1. The Kier molecular flexibility index (Phi) is 11.6. The van der Waals surface area contributed by atoms with Gasteiger partial charge in [-0.2, -0.15) is 9.57 Å². The van der Waals surface area contributed by atoms with E-state index in [4.69, 9.17) is 0 Å². The van der Waals surface area contributed by atoms with Gasteiger partial charge in [-0.05, 0) is 43.8 Å². The fraction of sp³-hybridized carbons (Fsp3) is 0.448. The molecular formula is C29H38N6O5S2. The third-order valence-electron chi connectivity index (χ3n) is 6.40. The zero-order valence-corrected chi connectivity index (χ0v) is 25.9. The number of fused-ring (bicyclic) bond motifs is 1. The minimum atomic E-state index is -4.19. The van der Waals surface area contributed by atoms with Crippen LogP contribution in [0.1, 0.15) is 32.3 Å². The second kappa shape index (κ2) is 14.7. The molecule has 13 heteroatoms. The molecular weight excluding hydrogens is 576 g/mol. The Morgan fingerprint density at radius 1 is 1.14 bits per heavy atom. The number of nitrogens with zero attached hydrogens (tertiary/aromatic N) is 4. The van der Waals surface area contributed by atoms with Crippen LogP contribution in [0, 0.1) is 17.2 Å². The molecule has 0 saturated heterocycles. The lowest BCUT2D eigenvalue weighted by Crippen LogP contribution is -2.56. The number of aliphatic hydroxyl groups is 1. The molecule has 0 saturated carbocycles. The van der Waals surface area contributed by atoms with Gasteiger partial charge in [-0.3, -0.25) is 9.59 Å². The molecule has 3 rings (SSSR count). The molecule has 0 fully saturated rings. The SMILES string of the molecule is CC(C)CN(C(O)(CCNC(=O)CC(C#N)NC(=O)CN(C)C)Cc1ccccc1)S(=O)(=O)c1ccc2ncsc2c1. The van der Waals surface area contributed by atoms with Crippen LogP contribution in [-0.2, 0) is 26.0 Å². The highest BCUT2D eigenvalue weighted by molar-refractivity contribution is 7.89. The lowest BCUT2D eigenvalue weighted by Gasteiger charge is -2.40. The van der Waals surface area contributed by atoms with Gasteiger partial charge in [0.05, 0.1) is 39.7 Å². The van der Waals surface area contributed by atoms with Crippen LogP contribution < -0.4 is 10.6 Å². The van der Waals surface area contributed by atoms with Crippen molar-refractivity contribution in [2.24, 2.45) is 5.92 Å². The van der Waals surface area contributed by atoms with E-state index in [1.807, 2.05) is 38.1 Å². The molecule has 0 radical (unpaired) electrons. The number of sulfonamides is 1. The summed E-state index contributed by atoms with van der Waals surface area (Å²) in [5.74, 6) is -1.02. The molecule has 1 heterocycles. The van der Waals surface area contributed by atoms with E-state index in [1.165, 1.54) is 17.4 Å². The molecule has 2 unspecified atom stereocenters. The quantitative estimate of drug-likeness (QED) is 0.220. The van der Waals surface area contributed by atoms with Gasteiger partial charge >= 0.3 is 0 Å². The van der Waals surface area contributed by atoms with Crippen LogP contribution in [0.25, 0.3) is 10.2 Å². The highest BCUT2D eigenvalue weighted by Gasteiger charge is 2.43.